The van der Waals surface area contributed by atoms with Crippen LogP contribution < -0.4 is 0 Å². The van der Waals surface area contributed by atoms with Gasteiger partial charge in [-0.1, -0.05) is 17.7 Å². The third kappa shape index (κ3) is 3.68. The van der Waals surface area contributed by atoms with Gasteiger partial charge in [0.2, 0.25) is 0 Å². The number of carbonyl (C=O) groups excluding carboxylic acids is 1. The fraction of sp³-hybridized carbons (Fsp3) is 0.158. The van der Waals surface area contributed by atoms with Crippen LogP contribution in [0.1, 0.15) is 11.3 Å². The van der Waals surface area contributed by atoms with E-state index in [1.807, 2.05) is 39.7 Å². The van der Waals surface area contributed by atoms with Crippen LogP contribution in [0.3, 0.4) is 0 Å². The zero-order chi connectivity index (χ0) is 18.8. The molecule has 0 radical (unpaired) electrons. The molecule has 0 aliphatic carbocycles. The van der Waals surface area contributed by atoms with Gasteiger partial charge >= 0.3 is 5.97 Å². The minimum Gasteiger partial charge on any atom is -0.469 e. The number of hydrogen-bond donors (Lipinski definition) is 0. The predicted molar refractivity (Wildman–Crippen MR) is 100 cm³/mol. The van der Waals surface area contributed by atoms with Gasteiger partial charge in [-0.2, -0.15) is 5.10 Å². The van der Waals surface area contributed by atoms with E-state index in [1.165, 1.54) is 7.11 Å². The Hall–Kier alpha value is -3.19. The van der Waals surface area contributed by atoms with Crippen molar-refractivity contribution in [3.63, 3.8) is 0 Å². The molecular weight excluding hydrogens is 366 g/mol. The molecule has 136 valence electrons. The normalized spacial score (nSPS) is 11.0. The summed E-state index contributed by atoms with van der Waals surface area (Å²) in [5.41, 5.74) is 4.12. The molecule has 0 aromatic carbocycles. The fourth-order valence-corrected chi connectivity index (χ4v) is 3.11. The van der Waals surface area contributed by atoms with Crippen LogP contribution in [-0.4, -0.2) is 37.2 Å². The summed E-state index contributed by atoms with van der Waals surface area (Å²) in [5, 5.41) is 5.00. The molecule has 4 aromatic rings. The van der Waals surface area contributed by atoms with Crippen LogP contribution in [0.5, 0.6) is 0 Å². The Kier molecular flexibility index (Phi) is 4.60. The van der Waals surface area contributed by atoms with Gasteiger partial charge in [0.05, 0.1) is 37.0 Å². The highest BCUT2D eigenvalue weighted by Gasteiger charge is 2.14. The summed E-state index contributed by atoms with van der Waals surface area (Å²) in [6, 6.07) is 5.74. The summed E-state index contributed by atoms with van der Waals surface area (Å²) in [6.45, 7) is 0.618. The van der Waals surface area contributed by atoms with Crippen LogP contribution >= 0.6 is 11.6 Å². The molecule has 7 nitrogen and oxygen atoms in total. The number of hydrogen-bond acceptors (Lipinski definition) is 5. The van der Waals surface area contributed by atoms with E-state index >= 15 is 0 Å². The molecule has 4 rings (SSSR count). The van der Waals surface area contributed by atoms with E-state index in [4.69, 9.17) is 16.3 Å². The monoisotopic (exact) mass is 381 g/mol. The maximum Gasteiger partial charge on any atom is 0.311 e. The lowest BCUT2D eigenvalue weighted by Gasteiger charge is -2.03. The number of halogens is 1. The average molecular weight is 382 g/mol. The second-order valence-electron chi connectivity index (χ2n) is 6.08. The quantitative estimate of drug-likeness (QED) is 0.497. The van der Waals surface area contributed by atoms with E-state index in [0.717, 1.165) is 16.7 Å². The summed E-state index contributed by atoms with van der Waals surface area (Å²) in [4.78, 5) is 20.2. The summed E-state index contributed by atoms with van der Waals surface area (Å²) < 4.78 is 8.37. The van der Waals surface area contributed by atoms with Crippen LogP contribution in [0.15, 0.2) is 55.4 Å². The number of pyridine rings is 2. The van der Waals surface area contributed by atoms with Gasteiger partial charge in [0, 0.05) is 42.1 Å². The largest absolute Gasteiger partial charge is 0.469 e. The Labute approximate surface area is 160 Å². The first-order chi connectivity index (χ1) is 13.1. The summed E-state index contributed by atoms with van der Waals surface area (Å²) in [5.74, 6) is -0.338. The van der Waals surface area contributed by atoms with Gasteiger partial charge in [-0.05, 0) is 17.7 Å². The van der Waals surface area contributed by atoms with Crippen LogP contribution in [-0.2, 0) is 22.5 Å². The Morgan fingerprint density at radius 1 is 1.26 bits per heavy atom. The molecule has 0 unspecified atom stereocenters. The number of ether oxygens (including phenoxy) is 1. The van der Waals surface area contributed by atoms with E-state index in [9.17, 15) is 4.79 Å². The molecule has 0 spiro atoms. The standard InChI is InChI=1S/C19H16ClN5O2/c1-27-18(26)6-16-12-24-11-15(20)5-17(19(24)23-16)14-8-22-25(10-14)9-13-3-2-4-21-7-13/h2-5,7-8,10-12H,6,9H2,1H3. The van der Waals surface area contributed by atoms with Gasteiger partial charge in [-0.3, -0.25) is 14.5 Å². The summed E-state index contributed by atoms with van der Waals surface area (Å²) in [7, 11) is 1.36. The van der Waals surface area contributed by atoms with Gasteiger partial charge < -0.3 is 9.14 Å². The van der Waals surface area contributed by atoms with Gasteiger partial charge in [0.25, 0.3) is 0 Å². The van der Waals surface area contributed by atoms with Crippen molar-refractivity contribution in [1.82, 2.24) is 24.1 Å². The van der Waals surface area contributed by atoms with Crippen molar-refractivity contribution in [1.29, 1.82) is 0 Å². The third-order valence-electron chi connectivity index (χ3n) is 4.13. The van der Waals surface area contributed by atoms with Crippen molar-refractivity contribution in [2.45, 2.75) is 13.0 Å². The lowest BCUT2D eigenvalue weighted by molar-refractivity contribution is -0.139. The first-order valence-electron chi connectivity index (χ1n) is 8.28. The molecule has 0 N–H and O–H groups in total. The molecule has 0 fully saturated rings. The highest BCUT2D eigenvalue weighted by Crippen LogP contribution is 2.27. The lowest BCUT2D eigenvalue weighted by atomic mass is 10.1. The summed E-state index contributed by atoms with van der Waals surface area (Å²) in [6.07, 6.45) is 10.9. The van der Waals surface area contributed by atoms with Gasteiger partial charge in [-0.25, -0.2) is 4.98 Å². The SMILES string of the molecule is COC(=O)Cc1cn2cc(Cl)cc(-c3cnn(Cc4cccnc4)c3)c2n1. The molecule has 0 aliphatic heterocycles. The van der Waals surface area contributed by atoms with Crippen LogP contribution in [0, 0.1) is 0 Å². The minimum absolute atomic E-state index is 0.107. The number of imidazole rings is 1. The molecular formula is C19H16ClN5O2. The molecule has 8 heteroatoms. The number of methoxy groups -OCH3 is 1. The van der Waals surface area contributed by atoms with Gasteiger partial charge in [0.15, 0.2) is 0 Å². The maximum absolute atomic E-state index is 11.5. The first kappa shape index (κ1) is 17.2. The number of carbonyl (C=O) groups is 1. The maximum atomic E-state index is 11.5. The van der Waals surface area contributed by atoms with E-state index < -0.39 is 0 Å². The molecule has 4 aromatic heterocycles. The highest BCUT2D eigenvalue weighted by molar-refractivity contribution is 6.30. The number of esters is 1. The van der Waals surface area contributed by atoms with E-state index in [2.05, 4.69) is 15.1 Å². The predicted octanol–water partition coefficient (Wildman–Crippen LogP) is 3.01. The molecule has 27 heavy (non-hydrogen) atoms. The Bertz CT molecular complexity index is 1100. The smallest absolute Gasteiger partial charge is 0.311 e. The van der Waals surface area contributed by atoms with E-state index in [-0.39, 0.29) is 12.4 Å². The van der Waals surface area contributed by atoms with Gasteiger partial charge in [0.1, 0.15) is 5.65 Å². The van der Waals surface area contributed by atoms with Gasteiger partial charge in [-0.15, -0.1) is 0 Å². The molecule has 4 heterocycles. The van der Waals surface area contributed by atoms with Crippen LogP contribution in [0.4, 0.5) is 0 Å². The third-order valence-corrected chi connectivity index (χ3v) is 4.34. The number of aromatic nitrogens is 5. The zero-order valence-electron chi connectivity index (χ0n) is 14.5. The molecule has 0 atom stereocenters. The number of nitrogens with zero attached hydrogens (tertiary/aromatic N) is 5. The van der Waals surface area contributed by atoms with Crippen LogP contribution in [0.25, 0.3) is 16.8 Å². The van der Waals surface area contributed by atoms with Crippen molar-refractivity contribution in [3.05, 3.63) is 71.7 Å². The second kappa shape index (κ2) is 7.20. The van der Waals surface area contributed by atoms with Crippen molar-refractivity contribution in [2.24, 2.45) is 0 Å². The number of fused-ring (bicyclic) bond motifs is 1. The number of rotatable bonds is 5. The van der Waals surface area contributed by atoms with E-state index in [0.29, 0.717) is 22.9 Å². The zero-order valence-corrected chi connectivity index (χ0v) is 15.3. The topological polar surface area (TPSA) is 74.3 Å². The molecule has 0 aliphatic rings. The van der Waals surface area contributed by atoms with Crippen LogP contribution in [0.2, 0.25) is 5.02 Å². The Morgan fingerprint density at radius 2 is 2.15 bits per heavy atom. The average Bonchev–Trinajstić information content (AvgIpc) is 3.28. The van der Waals surface area contributed by atoms with Crippen molar-refractivity contribution >= 4 is 23.2 Å². The second-order valence-corrected chi connectivity index (χ2v) is 6.51. The molecule has 0 bridgehead atoms. The van der Waals surface area contributed by atoms with Crippen molar-refractivity contribution in [2.75, 3.05) is 7.11 Å². The molecule has 0 amide bonds. The highest BCUT2D eigenvalue weighted by atomic mass is 35.5. The Morgan fingerprint density at radius 3 is 2.93 bits per heavy atom. The lowest BCUT2D eigenvalue weighted by Crippen LogP contribution is -2.04. The van der Waals surface area contributed by atoms with E-state index in [1.54, 1.807) is 24.8 Å². The summed E-state index contributed by atoms with van der Waals surface area (Å²) >= 11 is 6.28. The molecule has 0 saturated carbocycles. The minimum atomic E-state index is -0.338. The Balaban J connectivity index is 1.69. The van der Waals surface area contributed by atoms with Crippen molar-refractivity contribution < 1.29 is 9.53 Å². The molecule has 0 saturated heterocycles. The fourth-order valence-electron chi connectivity index (χ4n) is 2.90. The van der Waals surface area contributed by atoms with Crippen molar-refractivity contribution in [3.8, 4) is 11.1 Å². The first-order valence-corrected chi connectivity index (χ1v) is 8.66.